The van der Waals surface area contributed by atoms with Crippen LogP contribution in [0.4, 0.5) is 10.1 Å². The van der Waals surface area contributed by atoms with E-state index < -0.39 is 0 Å². The van der Waals surface area contributed by atoms with Crippen molar-refractivity contribution in [3.8, 4) is 11.5 Å². The monoisotopic (exact) mass is 863 g/mol. The maximum absolute atomic E-state index is 14.9. The Morgan fingerprint density at radius 3 is 2.40 bits per heavy atom. The molecule has 2 amide bonds. The van der Waals surface area contributed by atoms with Gasteiger partial charge in [-0.1, -0.05) is 6.58 Å². The van der Waals surface area contributed by atoms with Gasteiger partial charge in [-0.15, -0.1) is 0 Å². The van der Waals surface area contributed by atoms with Gasteiger partial charge in [0.15, 0.2) is 11.6 Å². The predicted molar refractivity (Wildman–Crippen MR) is 242 cm³/mol. The Morgan fingerprint density at radius 1 is 0.937 bits per heavy atom. The summed E-state index contributed by atoms with van der Waals surface area (Å²) in [5, 5.41) is 14.7. The van der Waals surface area contributed by atoms with Crippen LogP contribution >= 0.6 is 0 Å². The van der Waals surface area contributed by atoms with Crippen LogP contribution in [0.15, 0.2) is 47.6 Å². The molecule has 2 aromatic carbocycles. The molecule has 1 aromatic heterocycles. The maximum atomic E-state index is 14.9. The zero-order chi connectivity index (χ0) is 43.6. The second-order valence-electron chi connectivity index (χ2n) is 19.9. The van der Waals surface area contributed by atoms with E-state index >= 15 is 0 Å². The van der Waals surface area contributed by atoms with Gasteiger partial charge in [-0.3, -0.25) is 24.5 Å². The summed E-state index contributed by atoms with van der Waals surface area (Å²) in [6.07, 6.45) is 9.46. The summed E-state index contributed by atoms with van der Waals surface area (Å²) in [6, 6.07) is 7.09. The second-order valence-corrected chi connectivity index (χ2v) is 19.9. The van der Waals surface area contributed by atoms with Crippen molar-refractivity contribution in [2.24, 2.45) is 16.8 Å². The number of nitrogens with one attached hydrogen (secondary N) is 3. The summed E-state index contributed by atoms with van der Waals surface area (Å²) in [5.41, 5.74) is 5.40. The first-order valence-corrected chi connectivity index (χ1v) is 23.2. The first-order chi connectivity index (χ1) is 30.3. The quantitative estimate of drug-likeness (QED) is 0.233. The third-order valence-corrected chi connectivity index (χ3v) is 15.0. The molecule has 1 saturated carbocycles. The Bertz CT molecular complexity index is 2350. The minimum absolute atomic E-state index is 0.0236. The van der Waals surface area contributed by atoms with Gasteiger partial charge < -0.3 is 34.8 Å². The number of likely N-dealkylation sites (tertiary alicyclic amines) is 1. The average Bonchev–Trinajstić information content (AvgIpc) is 3.71. The van der Waals surface area contributed by atoms with Gasteiger partial charge in [-0.25, -0.2) is 9.38 Å². The molecule has 7 aliphatic rings. The van der Waals surface area contributed by atoms with Crippen molar-refractivity contribution in [1.82, 2.24) is 40.4 Å². The Morgan fingerprint density at radius 2 is 1.68 bits per heavy atom. The van der Waals surface area contributed by atoms with E-state index in [1.54, 1.807) is 13.2 Å². The lowest BCUT2D eigenvalue weighted by atomic mass is 9.90. The highest BCUT2D eigenvalue weighted by Crippen LogP contribution is 2.43. The number of amidine groups is 1. The molecule has 1 aliphatic carbocycles. The number of aromatic amines is 1. The summed E-state index contributed by atoms with van der Waals surface area (Å²) in [6.45, 7) is 21.2. The summed E-state index contributed by atoms with van der Waals surface area (Å²) >= 11 is 0. The number of hydrogen-bond donors (Lipinski definition) is 3. The molecular weight excluding hydrogens is 800 g/mol. The van der Waals surface area contributed by atoms with Crippen LogP contribution in [-0.4, -0.2) is 137 Å². The number of piperidine rings is 3. The minimum Gasteiger partial charge on any atom is -0.494 e. The highest BCUT2D eigenvalue weighted by Gasteiger charge is 2.42. The lowest BCUT2D eigenvalue weighted by molar-refractivity contribution is -0.121. The molecular formula is C48H63FN10O4. The summed E-state index contributed by atoms with van der Waals surface area (Å²) in [7, 11) is 1.71. The van der Waals surface area contributed by atoms with Gasteiger partial charge in [0.2, 0.25) is 5.91 Å². The Balaban J connectivity index is 0.696. The Kier molecular flexibility index (Phi) is 10.9. The number of nitrogens with zero attached hydrogens (tertiary/aromatic N) is 7. The number of benzene rings is 2. The smallest absolute Gasteiger partial charge is 0.255 e. The van der Waals surface area contributed by atoms with Crippen LogP contribution in [0, 0.1) is 17.7 Å². The number of aromatic nitrogens is 2. The van der Waals surface area contributed by atoms with Gasteiger partial charge >= 0.3 is 0 Å². The SMILES string of the molecule is C=C1NC(=O)CCC1N1Cc2c(ccc(N3CCC(CN4CCN(CC5CCN(C6=NCNC(c7n[nH]c8cc(F)c(OC9(C)CC9)cc78)=C6)CC5)CC4(C)C)CC3)c2OC)C1=O. The molecule has 1 unspecified atom stereocenters. The third kappa shape index (κ3) is 8.27. The van der Waals surface area contributed by atoms with E-state index in [4.69, 9.17) is 14.5 Å². The molecule has 15 heteroatoms. The number of aliphatic imine (C=N–C) groups is 1. The van der Waals surface area contributed by atoms with Crippen LogP contribution < -0.4 is 25.0 Å². The van der Waals surface area contributed by atoms with E-state index in [1.807, 2.05) is 17.9 Å². The number of hydrogen-bond acceptors (Lipinski definition) is 11. The average molecular weight is 863 g/mol. The van der Waals surface area contributed by atoms with E-state index in [0.717, 1.165) is 137 Å². The summed E-state index contributed by atoms with van der Waals surface area (Å²) < 4.78 is 26.9. The molecule has 1 atom stereocenters. The van der Waals surface area contributed by atoms with Gasteiger partial charge in [-0.05, 0) is 95.8 Å². The molecule has 3 N–H and O–H groups in total. The number of fused-ring (bicyclic) bond motifs is 2. The molecule has 14 nitrogen and oxygen atoms in total. The van der Waals surface area contributed by atoms with E-state index in [0.29, 0.717) is 54.7 Å². The van der Waals surface area contributed by atoms with Gasteiger partial charge in [0.05, 0.1) is 36.6 Å². The molecule has 5 fully saturated rings. The van der Waals surface area contributed by atoms with Gasteiger partial charge in [-0.2, -0.15) is 5.10 Å². The normalized spacial score (nSPS) is 24.6. The number of piperazine rings is 1. The number of ether oxygens (including phenoxy) is 2. The van der Waals surface area contributed by atoms with Crippen molar-refractivity contribution in [3.05, 3.63) is 65.3 Å². The van der Waals surface area contributed by atoms with Crippen LogP contribution in [0.25, 0.3) is 16.6 Å². The molecule has 6 aliphatic heterocycles. The van der Waals surface area contributed by atoms with Crippen LogP contribution in [0.3, 0.4) is 0 Å². The summed E-state index contributed by atoms with van der Waals surface area (Å²) in [4.78, 5) is 42.4. The minimum atomic E-state index is -0.370. The fraction of sp³-hybridized carbons (Fsp3) is 0.583. The van der Waals surface area contributed by atoms with Crippen molar-refractivity contribution < 1.29 is 23.5 Å². The van der Waals surface area contributed by atoms with Gasteiger partial charge in [0.25, 0.3) is 5.91 Å². The van der Waals surface area contributed by atoms with Crippen molar-refractivity contribution >= 4 is 39.9 Å². The van der Waals surface area contributed by atoms with Crippen molar-refractivity contribution in [3.63, 3.8) is 0 Å². The number of halogens is 1. The first-order valence-electron chi connectivity index (χ1n) is 23.2. The molecule has 0 radical (unpaired) electrons. The lowest BCUT2D eigenvalue weighted by Crippen LogP contribution is -2.61. The predicted octanol–water partition coefficient (Wildman–Crippen LogP) is 5.71. The van der Waals surface area contributed by atoms with Crippen molar-refractivity contribution in [1.29, 1.82) is 0 Å². The molecule has 0 spiro atoms. The van der Waals surface area contributed by atoms with E-state index in [-0.39, 0.29) is 40.6 Å². The fourth-order valence-electron chi connectivity index (χ4n) is 11.0. The highest BCUT2D eigenvalue weighted by atomic mass is 19.1. The standard InChI is InChI=1S/C48H63FN10O4/c1-30-39(8-9-43(60)52-30)59-27-35-33(46(59)61)6-7-40(45(35)62-5)56-16-10-32(11-17-56)26-58-21-20-55(28-47(58,2)3)25-31-12-18-57(19-13-31)42-24-38(50-29-51-42)44-34-22-41(63-48(4)14-15-48)36(49)23-37(34)53-54-44/h6-7,22-24,31-32,39,50H,1,8-21,25-29H2,2-5H3,(H,52,60)(H,53,54). The molecule has 336 valence electrons. The number of H-pyrrole nitrogens is 1. The maximum Gasteiger partial charge on any atom is 0.255 e. The largest absolute Gasteiger partial charge is 0.494 e. The number of amides is 2. The number of carbonyl (C=O) groups is 2. The highest BCUT2D eigenvalue weighted by molar-refractivity contribution is 6.03. The molecule has 3 aromatic rings. The van der Waals surface area contributed by atoms with Crippen LogP contribution in [0.2, 0.25) is 0 Å². The molecule has 63 heavy (non-hydrogen) atoms. The van der Waals surface area contributed by atoms with Gasteiger partial charge in [0, 0.05) is 105 Å². The molecule has 10 rings (SSSR count). The van der Waals surface area contributed by atoms with E-state index in [9.17, 15) is 14.0 Å². The molecule has 0 bridgehead atoms. The first kappa shape index (κ1) is 41.8. The lowest BCUT2D eigenvalue weighted by Gasteiger charge is -2.50. The number of carbonyl (C=O) groups excluding carboxylic acids is 2. The van der Waals surface area contributed by atoms with E-state index in [2.05, 4.69) is 73.0 Å². The van der Waals surface area contributed by atoms with Crippen LogP contribution in [-0.2, 0) is 11.3 Å². The van der Waals surface area contributed by atoms with Gasteiger partial charge in [0.1, 0.15) is 29.5 Å². The Hall–Kier alpha value is -5.15. The summed E-state index contributed by atoms with van der Waals surface area (Å²) in [5.74, 6) is 2.91. The zero-order valence-corrected chi connectivity index (χ0v) is 37.4. The number of rotatable bonds is 10. The zero-order valence-electron chi connectivity index (χ0n) is 37.4. The topological polar surface area (TPSA) is 134 Å². The van der Waals surface area contributed by atoms with Crippen LogP contribution in [0.1, 0.15) is 93.8 Å². The van der Waals surface area contributed by atoms with Crippen LogP contribution in [0.5, 0.6) is 11.5 Å². The second kappa shape index (κ2) is 16.4. The third-order valence-electron chi connectivity index (χ3n) is 15.0. The molecule has 4 saturated heterocycles. The van der Waals surface area contributed by atoms with Crippen molar-refractivity contribution in [2.75, 3.05) is 77.6 Å². The number of anilines is 1. The fourth-order valence-corrected chi connectivity index (χ4v) is 11.0. The van der Waals surface area contributed by atoms with Crippen molar-refractivity contribution in [2.45, 2.75) is 95.9 Å². The van der Waals surface area contributed by atoms with E-state index in [1.165, 1.54) is 6.07 Å². The number of methoxy groups -OCH3 is 1. The molecule has 7 heterocycles. The Labute approximate surface area is 369 Å².